The second-order valence-corrected chi connectivity index (χ2v) is 9.26. The number of rotatable bonds is 6. The number of aryl methyl sites for hydroxylation is 1. The lowest BCUT2D eigenvalue weighted by molar-refractivity contribution is -0.121. The molecule has 1 saturated heterocycles. The van der Waals surface area contributed by atoms with Crippen molar-refractivity contribution >= 4 is 38.3 Å². The van der Waals surface area contributed by atoms with Gasteiger partial charge in [-0.15, -0.1) is 0 Å². The van der Waals surface area contributed by atoms with Crippen molar-refractivity contribution in [1.29, 1.82) is 0 Å². The molecule has 10 heteroatoms. The first-order valence-electron chi connectivity index (χ1n) is 9.22. The summed E-state index contributed by atoms with van der Waals surface area (Å²) in [5.74, 6) is -0.109. The molecule has 0 bridgehead atoms. The molecular weight excluding hydrogens is 414 g/mol. The largest absolute Gasteiger partial charge is 0.352 e. The molecule has 0 aliphatic carbocycles. The molecule has 4 rings (SSSR count). The van der Waals surface area contributed by atoms with Crippen molar-refractivity contribution in [3.8, 4) is 0 Å². The Bertz CT molecular complexity index is 1130. The van der Waals surface area contributed by atoms with Gasteiger partial charge in [0.05, 0.1) is 16.2 Å². The molecule has 2 aromatic heterocycles. The zero-order chi connectivity index (χ0) is 20.4. The molecule has 3 aromatic rings. The van der Waals surface area contributed by atoms with Gasteiger partial charge in [-0.25, -0.2) is 13.4 Å². The van der Waals surface area contributed by atoms with Crippen molar-refractivity contribution in [1.82, 2.24) is 24.2 Å². The highest BCUT2D eigenvalue weighted by atomic mass is 35.5. The number of imidazole rings is 1. The molecule has 0 spiro atoms. The predicted molar refractivity (Wildman–Crippen MR) is 109 cm³/mol. The molecule has 1 N–H and O–H groups in total. The maximum Gasteiger partial charge on any atom is 0.243 e. The third kappa shape index (κ3) is 4.12. The Morgan fingerprint density at radius 3 is 2.93 bits per heavy atom. The molecule has 0 radical (unpaired) electrons. The molecule has 1 aromatic carbocycles. The predicted octanol–water partition coefficient (Wildman–Crippen LogP) is 2.05. The quantitative estimate of drug-likeness (QED) is 0.641. The van der Waals surface area contributed by atoms with Gasteiger partial charge >= 0.3 is 0 Å². The van der Waals surface area contributed by atoms with Crippen molar-refractivity contribution in [3.05, 3.63) is 54.3 Å². The highest BCUT2D eigenvalue weighted by Crippen LogP contribution is 2.32. The van der Waals surface area contributed by atoms with Gasteiger partial charge in [0.25, 0.3) is 0 Å². The van der Waals surface area contributed by atoms with Gasteiger partial charge in [-0.3, -0.25) is 9.78 Å². The average Bonchev–Trinajstić information content (AvgIpc) is 3.38. The summed E-state index contributed by atoms with van der Waals surface area (Å²) in [6.45, 7) is 1.11. The van der Waals surface area contributed by atoms with Crippen LogP contribution in [0.3, 0.4) is 0 Å². The number of carbonyl (C=O) groups is 1. The maximum absolute atomic E-state index is 13.2. The van der Waals surface area contributed by atoms with Crippen LogP contribution in [-0.4, -0.2) is 52.3 Å². The lowest BCUT2D eigenvalue weighted by Gasteiger charge is -2.19. The summed E-state index contributed by atoms with van der Waals surface area (Å²) in [5, 5.41) is 4.36. The number of pyridine rings is 1. The summed E-state index contributed by atoms with van der Waals surface area (Å²) in [6, 6.07) is 4.80. The van der Waals surface area contributed by atoms with Gasteiger partial charge in [-0.05, 0) is 12.5 Å². The summed E-state index contributed by atoms with van der Waals surface area (Å²) in [6.07, 6.45) is 9.02. The zero-order valence-electron chi connectivity index (χ0n) is 15.5. The van der Waals surface area contributed by atoms with Crippen molar-refractivity contribution in [2.75, 3.05) is 13.1 Å². The van der Waals surface area contributed by atoms with E-state index in [1.807, 2.05) is 4.57 Å². The fourth-order valence-corrected chi connectivity index (χ4v) is 5.59. The van der Waals surface area contributed by atoms with Crippen LogP contribution in [0.4, 0.5) is 0 Å². The number of sulfonamides is 1. The number of carbonyl (C=O) groups excluding carboxylic acids is 1. The van der Waals surface area contributed by atoms with Crippen LogP contribution >= 0.6 is 11.6 Å². The molecular formula is C19H20ClN5O3S. The van der Waals surface area contributed by atoms with E-state index >= 15 is 0 Å². The highest BCUT2D eigenvalue weighted by molar-refractivity contribution is 7.89. The van der Waals surface area contributed by atoms with E-state index < -0.39 is 10.0 Å². The van der Waals surface area contributed by atoms with Crippen molar-refractivity contribution in [3.63, 3.8) is 0 Å². The number of amides is 1. The summed E-state index contributed by atoms with van der Waals surface area (Å²) in [7, 11) is -3.75. The van der Waals surface area contributed by atoms with Gasteiger partial charge in [-0.1, -0.05) is 23.7 Å². The van der Waals surface area contributed by atoms with Crippen molar-refractivity contribution in [2.45, 2.75) is 30.3 Å². The Labute approximate surface area is 173 Å². The molecule has 8 nitrogen and oxygen atoms in total. The summed E-state index contributed by atoms with van der Waals surface area (Å²) < 4.78 is 29.7. The number of hydrogen-bond acceptors (Lipinski definition) is 5. The van der Waals surface area contributed by atoms with E-state index in [1.165, 1.54) is 10.5 Å². The van der Waals surface area contributed by atoms with E-state index in [-0.39, 0.29) is 23.4 Å². The summed E-state index contributed by atoms with van der Waals surface area (Å²) >= 11 is 6.24. The van der Waals surface area contributed by atoms with Gasteiger partial charge in [0.1, 0.15) is 0 Å². The molecule has 0 unspecified atom stereocenters. The number of hydrogen-bond donors (Lipinski definition) is 1. The van der Waals surface area contributed by atoms with Gasteiger partial charge in [0.15, 0.2) is 0 Å². The Morgan fingerprint density at radius 2 is 2.14 bits per heavy atom. The standard InChI is InChI=1S/C19H20ClN5O3S/c20-16-11-22-10-14-2-1-3-17(19(14)16)29(27,28)25-8-4-15(12-25)23-18(26)5-7-24-9-6-21-13-24/h1-3,6,9-11,13,15H,4-5,7-8,12H2,(H,23,26)/t15-/m0/s1. The first-order chi connectivity index (χ1) is 13.9. The molecule has 1 aliphatic rings. The number of fused-ring (bicyclic) bond motifs is 1. The normalized spacial score (nSPS) is 17.6. The van der Waals surface area contributed by atoms with Gasteiger partial charge in [0.2, 0.25) is 15.9 Å². The van der Waals surface area contributed by atoms with Gasteiger partial charge in [-0.2, -0.15) is 4.31 Å². The SMILES string of the molecule is O=C(CCn1ccnc1)N[C@H]1CCN(S(=O)(=O)c2cccc3cncc(Cl)c23)C1. The minimum atomic E-state index is -3.75. The van der Waals surface area contributed by atoms with E-state index in [4.69, 9.17) is 11.6 Å². The Kier molecular flexibility index (Phi) is 5.53. The third-order valence-corrected chi connectivity index (χ3v) is 7.18. The molecule has 152 valence electrons. The topological polar surface area (TPSA) is 97.2 Å². The summed E-state index contributed by atoms with van der Waals surface area (Å²) in [4.78, 5) is 20.3. The Hall–Kier alpha value is -2.49. The maximum atomic E-state index is 13.2. The molecule has 1 aliphatic heterocycles. The van der Waals surface area contributed by atoms with Crippen LogP contribution in [0.1, 0.15) is 12.8 Å². The second-order valence-electron chi connectivity index (χ2n) is 6.94. The Morgan fingerprint density at radius 1 is 1.28 bits per heavy atom. The minimum absolute atomic E-state index is 0.109. The first kappa shape index (κ1) is 19.8. The monoisotopic (exact) mass is 433 g/mol. The van der Waals surface area contributed by atoms with Crippen molar-refractivity contribution in [2.24, 2.45) is 0 Å². The van der Waals surface area contributed by atoms with E-state index in [2.05, 4.69) is 15.3 Å². The second kappa shape index (κ2) is 8.10. The molecule has 29 heavy (non-hydrogen) atoms. The number of halogens is 1. The van der Waals surface area contributed by atoms with Crippen LogP contribution in [0.15, 0.2) is 54.2 Å². The van der Waals surface area contributed by atoms with Crippen LogP contribution < -0.4 is 5.32 Å². The molecule has 3 heterocycles. The third-order valence-electron chi connectivity index (χ3n) is 4.99. The fourth-order valence-electron chi connectivity index (χ4n) is 3.53. The Balaban J connectivity index is 1.45. The highest BCUT2D eigenvalue weighted by Gasteiger charge is 2.34. The summed E-state index contributed by atoms with van der Waals surface area (Å²) in [5.41, 5.74) is 0. The molecule has 1 fully saturated rings. The number of aromatic nitrogens is 3. The van der Waals surface area contributed by atoms with Crippen LogP contribution in [0.5, 0.6) is 0 Å². The van der Waals surface area contributed by atoms with Crippen molar-refractivity contribution < 1.29 is 13.2 Å². The lowest BCUT2D eigenvalue weighted by Crippen LogP contribution is -2.38. The fraction of sp³-hybridized carbons (Fsp3) is 0.316. The van der Waals surface area contributed by atoms with Gasteiger partial charge < -0.3 is 9.88 Å². The van der Waals surface area contributed by atoms with E-state index in [1.54, 1.807) is 43.1 Å². The van der Waals surface area contributed by atoms with Gasteiger partial charge in [0, 0.05) is 67.7 Å². The van der Waals surface area contributed by atoms with Crippen LogP contribution in [0.25, 0.3) is 10.8 Å². The number of nitrogens with zero attached hydrogens (tertiary/aromatic N) is 4. The average molecular weight is 434 g/mol. The van der Waals surface area contributed by atoms with E-state index in [0.717, 1.165) is 0 Å². The smallest absolute Gasteiger partial charge is 0.243 e. The van der Waals surface area contributed by atoms with Crippen LogP contribution in [-0.2, 0) is 21.4 Å². The van der Waals surface area contributed by atoms with E-state index in [0.29, 0.717) is 41.7 Å². The number of benzene rings is 1. The van der Waals surface area contributed by atoms with Crippen LogP contribution in [0, 0.1) is 0 Å². The molecule has 0 saturated carbocycles. The molecule has 1 atom stereocenters. The first-order valence-corrected chi connectivity index (χ1v) is 11.0. The molecule has 1 amide bonds. The number of nitrogens with one attached hydrogen (secondary N) is 1. The lowest BCUT2D eigenvalue weighted by atomic mass is 10.2. The van der Waals surface area contributed by atoms with E-state index in [9.17, 15) is 13.2 Å². The minimum Gasteiger partial charge on any atom is -0.352 e. The van der Waals surface area contributed by atoms with Crippen LogP contribution in [0.2, 0.25) is 5.02 Å². The zero-order valence-corrected chi connectivity index (χ0v) is 17.1.